The van der Waals surface area contributed by atoms with E-state index in [1.807, 2.05) is 0 Å². The molecule has 0 aliphatic carbocycles. The summed E-state index contributed by atoms with van der Waals surface area (Å²) in [5.74, 6) is -1.12. The molecule has 1 unspecified atom stereocenters. The highest BCUT2D eigenvalue weighted by molar-refractivity contribution is 7.89. The van der Waals surface area contributed by atoms with E-state index in [4.69, 9.17) is 9.84 Å². The van der Waals surface area contributed by atoms with Crippen LogP contribution in [0.2, 0.25) is 0 Å². The van der Waals surface area contributed by atoms with E-state index in [2.05, 4.69) is 4.72 Å². The summed E-state index contributed by atoms with van der Waals surface area (Å²) in [7, 11) is -3.63. The fourth-order valence-electron chi connectivity index (χ4n) is 2.04. The average Bonchev–Trinajstić information content (AvgIpc) is 2.90. The topological polar surface area (TPSA) is 92.7 Å². The highest BCUT2D eigenvalue weighted by atomic mass is 32.2. The molecular weight excluding hydrogens is 302 g/mol. The van der Waals surface area contributed by atoms with E-state index in [1.165, 1.54) is 11.4 Å². The number of aromatic carboxylic acids is 1. The van der Waals surface area contributed by atoms with Crippen LogP contribution in [0, 0.1) is 0 Å². The van der Waals surface area contributed by atoms with Gasteiger partial charge in [-0.25, -0.2) is 17.9 Å². The molecule has 2 heterocycles. The summed E-state index contributed by atoms with van der Waals surface area (Å²) < 4.78 is 31.9. The lowest BCUT2D eigenvalue weighted by molar-refractivity contribution is 0.0123. The predicted molar refractivity (Wildman–Crippen MR) is 74.7 cm³/mol. The van der Waals surface area contributed by atoms with Gasteiger partial charge in [-0.15, -0.1) is 11.3 Å². The molecule has 1 aliphatic rings. The first-order valence-electron chi connectivity index (χ1n) is 6.42. The number of rotatable bonds is 6. The molecule has 1 atom stereocenters. The van der Waals surface area contributed by atoms with Gasteiger partial charge in [0.2, 0.25) is 10.0 Å². The van der Waals surface area contributed by atoms with Gasteiger partial charge in [-0.05, 0) is 31.7 Å². The maximum Gasteiger partial charge on any atom is 0.345 e. The number of carbonyl (C=O) groups is 1. The Hall–Kier alpha value is -0.960. The highest BCUT2D eigenvalue weighted by Crippen LogP contribution is 2.19. The summed E-state index contributed by atoms with van der Waals surface area (Å²) >= 11 is 0.903. The van der Waals surface area contributed by atoms with Gasteiger partial charge in [-0.3, -0.25) is 0 Å². The van der Waals surface area contributed by atoms with Crippen molar-refractivity contribution in [1.29, 1.82) is 0 Å². The number of thiophene rings is 1. The lowest BCUT2D eigenvalue weighted by atomic mass is 10.1. The van der Waals surface area contributed by atoms with Crippen molar-refractivity contribution in [3.05, 3.63) is 16.3 Å². The second-order valence-corrected chi connectivity index (χ2v) is 7.31. The van der Waals surface area contributed by atoms with Crippen molar-refractivity contribution >= 4 is 27.3 Å². The molecule has 112 valence electrons. The number of ether oxygens (including phenoxy) is 1. The van der Waals surface area contributed by atoms with Crippen molar-refractivity contribution in [2.75, 3.05) is 13.2 Å². The van der Waals surface area contributed by atoms with E-state index < -0.39 is 16.0 Å². The van der Waals surface area contributed by atoms with E-state index in [9.17, 15) is 13.2 Å². The van der Waals surface area contributed by atoms with Crippen molar-refractivity contribution in [1.82, 2.24) is 4.72 Å². The molecule has 6 nitrogen and oxygen atoms in total. The summed E-state index contributed by atoms with van der Waals surface area (Å²) in [6, 6.07) is 1.17. The van der Waals surface area contributed by atoms with Gasteiger partial charge >= 0.3 is 5.97 Å². The minimum Gasteiger partial charge on any atom is -0.477 e. The zero-order chi connectivity index (χ0) is 14.6. The van der Waals surface area contributed by atoms with E-state index in [-0.39, 0.29) is 15.9 Å². The standard InChI is InChI=1S/C12H17NO5S2/c14-12(15)11-7-10(8-19-11)20(16,17)13-5-4-9-3-1-2-6-18-9/h7-9,13H,1-6H2,(H,14,15). The Kier molecular flexibility index (Phi) is 5.14. The first kappa shape index (κ1) is 15.4. The second kappa shape index (κ2) is 6.66. The summed E-state index contributed by atoms with van der Waals surface area (Å²) in [4.78, 5) is 10.8. The third-order valence-corrected chi connectivity index (χ3v) is 5.64. The normalized spacial score (nSPS) is 19.9. The van der Waals surface area contributed by atoms with E-state index in [0.29, 0.717) is 13.0 Å². The van der Waals surface area contributed by atoms with Crippen molar-refractivity contribution in [3.8, 4) is 0 Å². The van der Waals surface area contributed by atoms with Crippen LogP contribution in [0.5, 0.6) is 0 Å². The average molecular weight is 319 g/mol. The number of hydrogen-bond acceptors (Lipinski definition) is 5. The predicted octanol–water partition coefficient (Wildman–Crippen LogP) is 1.68. The Bertz CT molecular complexity index is 560. The van der Waals surface area contributed by atoms with Crippen LogP contribution in [-0.4, -0.2) is 38.7 Å². The number of nitrogens with one attached hydrogen (secondary N) is 1. The van der Waals surface area contributed by atoms with Crippen molar-refractivity contribution < 1.29 is 23.1 Å². The first-order valence-corrected chi connectivity index (χ1v) is 8.78. The summed E-state index contributed by atoms with van der Waals surface area (Å²) in [5, 5.41) is 10.1. The van der Waals surface area contributed by atoms with Crippen LogP contribution >= 0.6 is 11.3 Å². The maximum atomic E-state index is 12.0. The van der Waals surface area contributed by atoms with Crippen LogP contribution in [-0.2, 0) is 14.8 Å². The van der Waals surface area contributed by atoms with E-state index >= 15 is 0 Å². The van der Waals surface area contributed by atoms with Crippen LogP contribution < -0.4 is 4.72 Å². The molecule has 1 aromatic rings. The Balaban J connectivity index is 1.88. The van der Waals surface area contributed by atoms with Gasteiger partial charge in [-0.1, -0.05) is 0 Å². The molecule has 0 radical (unpaired) electrons. The summed E-state index contributed by atoms with van der Waals surface area (Å²) in [6.45, 7) is 1.04. The van der Waals surface area contributed by atoms with Crippen molar-refractivity contribution in [3.63, 3.8) is 0 Å². The molecule has 0 bridgehead atoms. The second-order valence-electron chi connectivity index (χ2n) is 4.63. The van der Waals surface area contributed by atoms with Gasteiger partial charge < -0.3 is 9.84 Å². The minimum atomic E-state index is -3.63. The zero-order valence-corrected chi connectivity index (χ0v) is 12.5. The summed E-state index contributed by atoms with van der Waals surface area (Å²) in [6.07, 6.45) is 3.89. The van der Waals surface area contributed by atoms with Crippen LogP contribution in [0.25, 0.3) is 0 Å². The Morgan fingerprint density at radius 2 is 2.30 bits per heavy atom. The lowest BCUT2D eigenvalue weighted by Gasteiger charge is -2.22. The Labute approximate surface area is 121 Å². The molecule has 8 heteroatoms. The molecule has 1 fully saturated rings. The van der Waals surface area contributed by atoms with Crippen LogP contribution in [0.1, 0.15) is 35.4 Å². The molecular formula is C12H17NO5S2. The molecule has 0 aromatic carbocycles. The third kappa shape index (κ3) is 4.02. The van der Waals surface area contributed by atoms with Gasteiger partial charge in [0, 0.05) is 18.5 Å². The summed E-state index contributed by atoms with van der Waals surface area (Å²) in [5.41, 5.74) is 0. The SMILES string of the molecule is O=C(O)c1cc(S(=O)(=O)NCCC2CCCCO2)cs1. The van der Waals surface area contributed by atoms with Crippen LogP contribution in [0.15, 0.2) is 16.3 Å². The number of carboxylic acid groups (broad SMARTS) is 1. The van der Waals surface area contributed by atoms with E-state index in [0.717, 1.165) is 37.2 Å². The van der Waals surface area contributed by atoms with Crippen LogP contribution in [0.3, 0.4) is 0 Å². The molecule has 1 aliphatic heterocycles. The third-order valence-electron chi connectivity index (χ3n) is 3.13. The quantitative estimate of drug-likeness (QED) is 0.832. The van der Waals surface area contributed by atoms with Crippen LogP contribution in [0.4, 0.5) is 0 Å². The molecule has 2 N–H and O–H groups in total. The van der Waals surface area contributed by atoms with Gasteiger partial charge in [0.05, 0.1) is 11.0 Å². The van der Waals surface area contributed by atoms with Gasteiger partial charge in [-0.2, -0.15) is 0 Å². The largest absolute Gasteiger partial charge is 0.477 e. The van der Waals surface area contributed by atoms with Gasteiger partial charge in [0.25, 0.3) is 0 Å². The molecule has 2 rings (SSSR count). The molecule has 20 heavy (non-hydrogen) atoms. The molecule has 1 aromatic heterocycles. The minimum absolute atomic E-state index is 0.00413. The van der Waals surface area contributed by atoms with Gasteiger partial charge in [0.1, 0.15) is 4.88 Å². The Morgan fingerprint density at radius 1 is 1.50 bits per heavy atom. The molecule has 0 spiro atoms. The zero-order valence-electron chi connectivity index (χ0n) is 10.9. The van der Waals surface area contributed by atoms with Crippen molar-refractivity contribution in [2.24, 2.45) is 0 Å². The number of carboxylic acids is 1. The van der Waals surface area contributed by atoms with E-state index in [1.54, 1.807) is 0 Å². The fraction of sp³-hybridized carbons (Fsp3) is 0.583. The highest BCUT2D eigenvalue weighted by Gasteiger charge is 2.19. The lowest BCUT2D eigenvalue weighted by Crippen LogP contribution is -2.29. The smallest absolute Gasteiger partial charge is 0.345 e. The molecule has 0 saturated carbocycles. The molecule has 0 amide bonds. The number of sulfonamides is 1. The Morgan fingerprint density at radius 3 is 2.90 bits per heavy atom. The fourth-order valence-corrected chi connectivity index (χ4v) is 4.20. The van der Waals surface area contributed by atoms with Crippen molar-refractivity contribution in [2.45, 2.75) is 36.7 Å². The van der Waals surface area contributed by atoms with Gasteiger partial charge in [0.15, 0.2) is 0 Å². The molecule has 1 saturated heterocycles. The first-order chi connectivity index (χ1) is 9.49. The monoisotopic (exact) mass is 319 g/mol. The number of hydrogen-bond donors (Lipinski definition) is 2. The maximum absolute atomic E-state index is 12.0.